The minimum absolute atomic E-state index is 0.0268. The van der Waals surface area contributed by atoms with Gasteiger partial charge >= 0.3 is 6.09 Å². The van der Waals surface area contributed by atoms with Crippen LogP contribution < -0.4 is 20.7 Å². The molecule has 29 heavy (non-hydrogen) atoms. The first-order chi connectivity index (χ1) is 14.0. The molecule has 0 aliphatic heterocycles. The molecule has 3 amide bonds. The highest BCUT2D eigenvalue weighted by atomic mass is 16.6. The summed E-state index contributed by atoms with van der Waals surface area (Å²) in [6.45, 7) is 4.59. The number of H-pyrrole nitrogens is 2. The third-order valence-electron chi connectivity index (χ3n) is 3.90. The summed E-state index contributed by atoms with van der Waals surface area (Å²) in [6, 6.07) is 2.81. The molecule has 2 aromatic rings. The number of unbranched alkanes of at least 4 members (excludes halogenated alkanes) is 3. The van der Waals surface area contributed by atoms with Crippen molar-refractivity contribution in [2.24, 2.45) is 0 Å². The third kappa shape index (κ3) is 7.64. The van der Waals surface area contributed by atoms with Crippen molar-refractivity contribution in [3.63, 3.8) is 0 Å². The Morgan fingerprint density at radius 3 is 2.55 bits per heavy atom. The average molecular weight is 405 g/mol. The lowest BCUT2D eigenvalue weighted by molar-refractivity contribution is -0.116. The standard InChI is InChI=1S/C18H27N7O4/c1-3-5-7-8-15(26)20-13-10-12(22-23-13)17(27)21-14-11-16(25-24-14)29-18(28)19-9-6-4-2/h10-11H,3-9H2,1-2H3,(H,19,28)(H2,20,22,23,26)(H2,21,24,25,27). The van der Waals surface area contributed by atoms with Crippen LogP contribution in [0, 0.1) is 0 Å². The molecule has 0 aliphatic carbocycles. The predicted molar refractivity (Wildman–Crippen MR) is 107 cm³/mol. The zero-order valence-electron chi connectivity index (χ0n) is 16.6. The van der Waals surface area contributed by atoms with Crippen LogP contribution in [0.3, 0.4) is 0 Å². The number of carbonyl (C=O) groups excluding carboxylic acids is 3. The maximum Gasteiger partial charge on any atom is 0.413 e. The number of anilines is 2. The SMILES string of the molecule is CCCCCC(=O)Nc1cc(C(=O)Nc2cc(OC(=O)NCCCC)n[nH]2)[nH]n1. The van der Waals surface area contributed by atoms with Crippen molar-refractivity contribution in [1.82, 2.24) is 25.7 Å². The van der Waals surface area contributed by atoms with Gasteiger partial charge in [-0.05, 0) is 12.8 Å². The Morgan fingerprint density at radius 1 is 1.00 bits per heavy atom. The Hall–Kier alpha value is -3.37. The summed E-state index contributed by atoms with van der Waals surface area (Å²) in [5.41, 5.74) is 0.156. The van der Waals surface area contributed by atoms with Crippen LogP contribution in [0.25, 0.3) is 0 Å². The van der Waals surface area contributed by atoms with Crippen LogP contribution >= 0.6 is 0 Å². The highest BCUT2D eigenvalue weighted by Crippen LogP contribution is 2.14. The summed E-state index contributed by atoms with van der Waals surface area (Å²) in [5.74, 6) is -0.102. The first-order valence-electron chi connectivity index (χ1n) is 9.69. The van der Waals surface area contributed by atoms with E-state index in [4.69, 9.17) is 4.74 Å². The van der Waals surface area contributed by atoms with E-state index < -0.39 is 12.0 Å². The van der Waals surface area contributed by atoms with Gasteiger partial charge in [0.2, 0.25) is 11.8 Å². The molecular formula is C18H27N7O4. The lowest BCUT2D eigenvalue weighted by Gasteiger charge is -2.02. The van der Waals surface area contributed by atoms with E-state index >= 15 is 0 Å². The van der Waals surface area contributed by atoms with Gasteiger partial charge in [0, 0.05) is 25.1 Å². The maximum absolute atomic E-state index is 12.3. The second kappa shape index (κ2) is 11.5. The fraction of sp³-hybridized carbons (Fsp3) is 0.500. The van der Waals surface area contributed by atoms with E-state index in [-0.39, 0.29) is 29.1 Å². The van der Waals surface area contributed by atoms with Crippen molar-refractivity contribution < 1.29 is 19.1 Å². The molecule has 2 rings (SSSR count). The zero-order valence-corrected chi connectivity index (χ0v) is 16.6. The molecule has 0 radical (unpaired) electrons. The molecule has 0 spiro atoms. The van der Waals surface area contributed by atoms with Crippen LogP contribution in [0.4, 0.5) is 16.4 Å². The topological polar surface area (TPSA) is 154 Å². The summed E-state index contributed by atoms with van der Waals surface area (Å²) in [6.07, 6.45) is 4.42. The molecule has 0 fully saturated rings. The van der Waals surface area contributed by atoms with Gasteiger partial charge in [0.15, 0.2) is 5.82 Å². The number of hydrogen-bond donors (Lipinski definition) is 5. The average Bonchev–Trinajstić information content (AvgIpc) is 3.32. The molecule has 0 unspecified atom stereocenters. The van der Waals surface area contributed by atoms with Crippen molar-refractivity contribution in [1.29, 1.82) is 0 Å². The molecule has 0 bridgehead atoms. The van der Waals surface area contributed by atoms with Crippen molar-refractivity contribution in [3.05, 3.63) is 17.8 Å². The molecule has 0 atom stereocenters. The Balaban J connectivity index is 1.82. The number of amides is 3. The van der Waals surface area contributed by atoms with E-state index in [0.29, 0.717) is 13.0 Å². The number of carbonyl (C=O) groups is 3. The summed E-state index contributed by atoms with van der Waals surface area (Å²) in [4.78, 5) is 35.7. The fourth-order valence-electron chi connectivity index (χ4n) is 2.35. The van der Waals surface area contributed by atoms with Gasteiger partial charge in [-0.2, -0.15) is 5.10 Å². The minimum Gasteiger partial charge on any atom is -0.390 e. The molecule has 0 aromatic carbocycles. The highest BCUT2D eigenvalue weighted by Gasteiger charge is 2.14. The maximum atomic E-state index is 12.3. The normalized spacial score (nSPS) is 10.4. The van der Waals surface area contributed by atoms with Gasteiger partial charge in [0.25, 0.3) is 5.91 Å². The van der Waals surface area contributed by atoms with Gasteiger partial charge in [0.05, 0.1) is 0 Å². The van der Waals surface area contributed by atoms with E-state index in [1.54, 1.807) is 0 Å². The summed E-state index contributed by atoms with van der Waals surface area (Å²) >= 11 is 0. The molecule has 11 nitrogen and oxygen atoms in total. The van der Waals surface area contributed by atoms with Gasteiger partial charge in [-0.25, -0.2) is 4.79 Å². The largest absolute Gasteiger partial charge is 0.413 e. The first kappa shape index (κ1) is 21.9. The second-order valence-corrected chi connectivity index (χ2v) is 6.42. The Bertz CT molecular complexity index is 815. The summed E-state index contributed by atoms with van der Waals surface area (Å²) < 4.78 is 5.01. The van der Waals surface area contributed by atoms with Gasteiger partial charge in [-0.3, -0.25) is 19.8 Å². The van der Waals surface area contributed by atoms with Crippen molar-refractivity contribution in [2.45, 2.75) is 52.4 Å². The van der Waals surface area contributed by atoms with Crippen molar-refractivity contribution in [3.8, 4) is 5.88 Å². The van der Waals surface area contributed by atoms with E-state index in [2.05, 4.69) is 43.3 Å². The van der Waals surface area contributed by atoms with Gasteiger partial charge in [0.1, 0.15) is 11.5 Å². The number of rotatable bonds is 11. The number of nitrogens with one attached hydrogen (secondary N) is 5. The van der Waals surface area contributed by atoms with Gasteiger partial charge in [-0.1, -0.05) is 33.1 Å². The van der Waals surface area contributed by atoms with Crippen LogP contribution in [0.5, 0.6) is 5.88 Å². The number of aromatic nitrogens is 4. The van der Waals surface area contributed by atoms with Crippen LogP contribution in [0.15, 0.2) is 12.1 Å². The van der Waals surface area contributed by atoms with Gasteiger partial charge < -0.3 is 20.7 Å². The molecule has 0 saturated carbocycles. The molecule has 2 aromatic heterocycles. The molecule has 5 N–H and O–H groups in total. The Labute approximate surface area is 168 Å². The lowest BCUT2D eigenvalue weighted by atomic mass is 10.2. The number of nitrogens with zero attached hydrogens (tertiary/aromatic N) is 2. The van der Waals surface area contributed by atoms with Crippen LogP contribution in [-0.4, -0.2) is 44.8 Å². The van der Waals surface area contributed by atoms with E-state index in [9.17, 15) is 14.4 Å². The highest BCUT2D eigenvalue weighted by molar-refractivity contribution is 6.03. The summed E-state index contributed by atoms with van der Waals surface area (Å²) in [5, 5.41) is 20.6. The minimum atomic E-state index is -0.615. The monoisotopic (exact) mass is 405 g/mol. The molecular weight excluding hydrogens is 378 g/mol. The molecule has 2 heterocycles. The molecule has 0 saturated heterocycles. The molecule has 0 aliphatic rings. The Morgan fingerprint density at radius 2 is 1.79 bits per heavy atom. The van der Waals surface area contributed by atoms with Crippen molar-refractivity contribution in [2.75, 3.05) is 17.2 Å². The van der Waals surface area contributed by atoms with Crippen LogP contribution in [0.2, 0.25) is 0 Å². The smallest absolute Gasteiger partial charge is 0.390 e. The molecule has 11 heteroatoms. The predicted octanol–water partition coefficient (Wildman–Crippen LogP) is 2.79. The third-order valence-corrected chi connectivity index (χ3v) is 3.90. The van der Waals surface area contributed by atoms with Crippen molar-refractivity contribution >= 4 is 29.5 Å². The summed E-state index contributed by atoms with van der Waals surface area (Å²) in [7, 11) is 0. The number of aromatic amines is 2. The van der Waals surface area contributed by atoms with E-state index in [1.807, 2.05) is 6.92 Å². The Kier molecular flexibility index (Phi) is 8.67. The van der Waals surface area contributed by atoms with Crippen LogP contribution in [0.1, 0.15) is 62.9 Å². The van der Waals surface area contributed by atoms with E-state index in [1.165, 1.54) is 12.1 Å². The van der Waals surface area contributed by atoms with Gasteiger partial charge in [-0.15, -0.1) is 5.10 Å². The van der Waals surface area contributed by atoms with E-state index in [0.717, 1.165) is 32.1 Å². The lowest BCUT2D eigenvalue weighted by Crippen LogP contribution is -2.27. The first-order valence-corrected chi connectivity index (χ1v) is 9.69. The zero-order chi connectivity index (χ0) is 21.1. The molecule has 158 valence electrons. The number of ether oxygens (including phenoxy) is 1. The second-order valence-electron chi connectivity index (χ2n) is 6.42. The number of hydrogen-bond acceptors (Lipinski definition) is 6. The van der Waals surface area contributed by atoms with Crippen LogP contribution in [-0.2, 0) is 4.79 Å². The fourth-order valence-corrected chi connectivity index (χ4v) is 2.35. The quantitative estimate of drug-likeness (QED) is 0.362.